The number of allylic oxidation sites excluding steroid dienone is 2. The summed E-state index contributed by atoms with van der Waals surface area (Å²) in [7, 11) is 1.48. The topological polar surface area (TPSA) is 108 Å². The van der Waals surface area contributed by atoms with E-state index in [9.17, 15) is 19.0 Å². The van der Waals surface area contributed by atoms with Gasteiger partial charge in [-0.05, 0) is 38.5 Å². The van der Waals surface area contributed by atoms with E-state index in [2.05, 4.69) is 26.0 Å². The fourth-order valence-corrected chi connectivity index (χ4v) is 7.87. The van der Waals surface area contributed by atoms with Crippen LogP contribution in [-0.4, -0.2) is 74.9 Å². The molecule has 0 spiro atoms. The largest absolute Gasteiger partial charge is 0.472 e. The first-order valence-corrected chi connectivity index (χ1v) is 26.4. The van der Waals surface area contributed by atoms with Crippen LogP contribution >= 0.6 is 7.82 Å². The van der Waals surface area contributed by atoms with Crippen molar-refractivity contribution in [3.8, 4) is 0 Å². The second kappa shape index (κ2) is 42.1. The fourth-order valence-electron chi connectivity index (χ4n) is 7.13. The number of rotatable bonds is 46. The first-order valence-electron chi connectivity index (χ1n) is 24.9. The van der Waals surface area contributed by atoms with Gasteiger partial charge in [0.05, 0.1) is 27.7 Å². The standard InChI is InChI=1S/C49H96NO8P/c1-6-8-10-12-14-16-18-20-22-23-24-25-26-28-29-31-33-35-37-39-41-48(51)55-45-47(46-57-59(53,54)56-44-43-50(3,4)5)58-49(52)42-40-38-36-34-32-30-27-21-19-17-15-13-11-9-7-2/h21,27,47H,6-20,22-26,28-46H2,1-5H3/p+1/b27-21+/t47-/m1/s1. The van der Waals surface area contributed by atoms with Crippen LogP contribution in [0.2, 0.25) is 0 Å². The average molecular weight is 859 g/mol. The lowest BCUT2D eigenvalue weighted by Gasteiger charge is -2.24. The fraction of sp³-hybridized carbons (Fsp3) is 0.918. The van der Waals surface area contributed by atoms with Gasteiger partial charge in [-0.1, -0.05) is 199 Å². The second-order valence-corrected chi connectivity index (χ2v) is 19.7. The SMILES string of the molecule is CCCCCCCC/C=C/CCCCCCCC(=O)O[C@H](COC(=O)CCCCCCCCCCCCCCCCCCCCCC)COP(=O)(O)OCC[N+](C)(C)C. The van der Waals surface area contributed by atoms with E-state index >= 15 is 0 Å². The molecular formula is C49H97NO8P+. The van der Waals surface area contributed by atoms with E-state index in [1.54, 1.807) is 0 Å². The van der Waals surface area contributed by atoms with Gasteiger partial charge in [-0.2, -0.15) is 0 Å². The van der Waals surface area contributed by atoms with Gasteiger partial charge in [-0.3, -0.25) is 18.6 Å². The molecule has 0 saturated carbocycles. The van der Waals surface area contributed by atoms with Gasteiger partial charge in [0.25, 0.3) is 0 Å². The molecule has 9 nitrogen and oxygen atoms in total. The first-order chi connectivity index (χ1) is 28.5. The molecule has 10 heteroatoms. The van der Waals surface area contributed by atoms with E-state index < -0.39 is 26.5 Å². The summed E-state index contributed by atoms with van der Waals surface area (Å²) in [6.45, 7) is 4.45. The number of esters is 2. The van der Waals surface area contributed by atoms with Crippen LogP contribution in [0.3, 0.4) is 0 Å². The average Bonchev–Trinajstić information content (AvgIpc) is 3.19. The van der Waals surface area contributed by atoms with Gasteiger partial charge in [-0.25, -0.2) is 4.57 Å². The summed E-state index contributed by atoms with van der Waals surface area (Å²) < 4.78 is 34.4. The summed E-state index contributed by atoms with van der Waals surface area (Å²) in [6, 6.07) is 0. The van der Waals surface area contributed by atoms with Crippen molar-refractivity contribution in [2.75, 3.05) is 47.5 Å². The minimum absolute atomic E-state index is 0.0334. The minimum Gasteiger partial charge on any atom is -0.462 e. The van der Waals surface area contributed by atoms with Gasteiger partial charge in [0.15, 0.2) is 6.10 Å². The Morgan fingerprint density at radius 3 is 1.25 bits per heavy atom. The molecule has 0 rings (SSSR count). The molecule has 0 aliphatic rings. The predicted molar refractivity (Wildman–Crippen MR) is 248 cm³/mol. The zero-order chi connectivity index (χ0) is 43.6. The van der Waals surface area contributed by atoms with Crippen molar-refractivity contribution in [3.05, 3.63) is 12.2 Å². The highest BCUT2D eigenvalue weighted by molar-refractivity contribution is 7.47. The van der Waals surface area contributed by atoms with Crippen molar-refractivity contribution in [1.82, 2.24) is 0 Å². The Morgan fingerprint density at radius 1 is 0.508 bits per heavy atom. The van der Waals surface area contributed by atoms with Crippen LogP contribution in [-0.2, 0) is 32.7 Å². The normalized spacial score (nSPS) is 13.5. The third kappa shape index (κ3) is 46.1. The molecule has 0 aromatic rings. The van der Waals surface area contributed by atoms with Crippen LogP contribution in [0.1, 0.15) is 239 Å². The minimum atomic E-state index is -4.37. The Kier molecular flexibility index (Phi) is 41.2. The maximum Gasteiger partial charge on any atom is 0.472 e. The maximum atomic E-state index is 12.7. The van der Waals surface area contributed by atoms with E-state index in [0.29, 0.717) is 23.9 Å². The Balaban J connectivity index is 4.22. The summed E-state index contributed by atoms with van der Waals surface area (Å²) in [5, 5.41) is 0. The number of carbonyl (C=O) groups excluding carboxylic acids is 2. The van der Waals surface area contributed by atoms with Gasteiger partial charge in [0, 0.05) is 12.8 Å². The van der Waals surface area contributed by atoms with Crippen LogP contribution in [0.4, 0.5) is 0 Å². The summed E-state index contributed by atoms with van der Waals surface area (Å²) in [5.74, 6) is -0.794. The number of carbonyl (C=O) groups is 2. The molecule has 0 aromatic heterocycles. The van der Waals surface area contributed by atoms with Gasteiger partial charge in [0.2, 0.25) is 0 Å². The molecule has 0 heterocycles. The molecule has 0 fully saturated rings. The van der Waals surface area contributed by atoms with Crippen molar-refractivity contribution in [1.29, 1.82) is 0 Å². The molecule has 0 amide bonds. The van der Waals surface area contributed by atoms with E-state index in [1.807, 2.05) is 21.1 Å². The van der Waals surface area contributed by atoms with E-state index in [0.717, 1.165) is 51.4 Å². The molecule has 59 heavy (non-hydrogen) atoms. The monoisotopic (exact) mass is 859 g/mol. The number of quaternary nitrogens is 1. The number of nitrogens with zero attached hydrogens (tertiary/aromatic N) is 1. The number of phosphoric ester groups is 1. The lowest BCUT2D eigenvalue weighted by Crippen LogP contribution is -2.37. The summed E-state index contributed by atoms with van der Waals surface area (Å²) >= 11 is 0. The summed E-state index contributed by atoms with van der Waals surface area (Å²) in [4.78, 5) is 35.5. The van der Waals surface area contributed by atoms with Gasteiger partial charge >= 0.3 is 19.8 Å². The smallest absolute Gasteiger partial charge is 0.462 e. The number of phosphoric acid groups is 1. The summed E-state index contributed by atoms with van der Waals surface area (Å²) in [5.41, 5.74) is 0. The third-order valence-electron chi connectivity index (χ3n) is 11.0. The van der Waals surface area contributed by atoms with Crippen molar-refractivity contribution in [3.63, 3.8) is 0 Å². The van der Waals surface area contributed by atoms with E-state index in [4.69, 9.17) is 18.5 Å². The molecule has 0 aliphatic carbocycles. The molecule has 0 saturated heterocycles. The quantitative estimate of drug-likeness (QED) is 0.0212. The Morgan fingerprint density at radius 2 is 0.864 bits per heavy atom. The highest BCUT2D eigenvalue weighted by Gasteiger charge is 2.27. The van der Waals surface area contributed by atoms with Crippen molar-refractivity contribution in [2.45, 2.75) is 245 Å². The maximum absolute atomic E-state index is 12.7. The Hall–Kier alpha value is -1.25. The van der Waals surface area contributed by atoms with Crippen LogP contribution in [0.25, 0.3) is 0 Å². The molecule has 2 atom stereocenters. The molecule has 0 aliphatic heterocycles. The number of unbranched alkanes of at least 4 members (excludes halogenated alkanes) is 30. The van der Waals surface area contributed by atoms with Crippen LogP contribution < -0.4 is 0 Å². The van der Waals surface area contributed by atoms with Crippen molar-refractivity contribution < 1.29 is 42.1 Å². The van der Waals surface area contributed by atoms with E-state index in [-0.39, 0.29) is 25.6 Å². The van der Waals surface area contributed by atoms with Crippen molar-refractivity contribution in [2.24, 2.45) is 0 Å². The lowest BCUT2D eigenvalue weighted by atomic mass is 10.0. The lowest BCUT2D eigenvalue weighted by molar-refractivity contribution is -0.870. The first kappa shape index (κ1) is 57.8. The number of likely N-dealkylation sites (N-methyl/N-ethyl adjacent to an activating group) is 1. The molecule has 0 bridgehead atoms. The Bertz CT molecular complexity index is 1020. The highest BCUT2D eigenvalue weighted by Crippen LogP contribution is 2.43. The van der Waals surface area contributed by atoms with Gasteiger partial charge in [0.1, 0.15) is 19.8 Å². The van der Waals surface area contributed by atoms with Crippen LogP contribution in [0, 0.1) is 0 Å². The van der Waals surface area contributed by atoms with Crippen LogP contribution in [0.15, 0.2) is 12.2 Å². The number of hydrogen-bond donors (Lipinski definition) is 1. The molecule has 1 N–H and O–H groups in total. The third-order valence-corrected chi connectivity index (χ3v) is 12.0. The number of hydrogen-bond acceptors (Lipinski definition) is 7. The molecular weight excluding hydrogens is 762 g/mol. The predicted octanol–water partition coefficient (Wildman–Crippen LogP) is 14.5. The molecule has 0 aromatic carbocycles. The van der Waals surface area contributed by atoms with Crippen LogP contribution in [0.5, 0.6) is 0 Å². The highest BCUT2D eigenvalue weighted by atomic mass is 31.2. The number of ether oxygens (including phenoxy) is 2. The van der Waals surface area contributed by atoms with Gasteiger partial charge < -0.3 is 18.9 Å². The van der Waals surface area contributed by atoms with Gasteiger partial charge in [-0.15, -0.1) is 0 Å². The molecule has 350 valence electrons. The zero-order valence-electron chi connectivity index (χ0n) is 39.5. The van der Waals surface area contributed by atoms with Crippen molar-refractivity contribution >= 4 is 19.8 Å². The molecule has 0 radical (unpaired) electrons. The second-order valence-electron chi connectivity index (χ2n) is 18.2. The van der Waals surface area contributed by atoms with E-state index in [1.165, 1.54) is 154 Å². The summed E-state index contributed by atoms with van der Waals surface area (Å²) in [6.07, 6.45) is 45.5. The zero-order valence-corrected chi connectivity index (χ0v) is 40.4. The molecule has 1 unspecified atom stereocenters. The Labute approximate surface area is 365 Å².